The molecule has 1 heterocycles. The van der Waals surface area contributed by atoms with Gasteiger partial charge in [0.15, 0.2) is 5.69 Å². The molecule has 0 aliphatic carbocycles. The summed E-state index contributed by atoms with van der Waals surface area (Å²) in [7, 11) is 0. The van der Waals surface area contributed by atoms with Crippen LogP contribution in [-0.2, 0) is 0 Å². The second-order valence-electron chi connectivity index (χ2n) is 2.53. The van der Waals surface area contributed by atoms with Gasteiger partial charge < -0.3 is 15.5 Å². The van der Waals surface area contributed by atoms with Crippen molar-refractivity contribution in [2.24, 2.45) is 0 Å². The SMILES string of the molecule is CC(O)Nc1cccc(C(=O)O)n1. The van der Waals surface area contributed by atoms with Gasteiger partial charge in [-0.3, -0.25) is 0 Å². The monoisotopic (exact) mass is 182 g/mol. The Morgan fingerprint density at radius 1 is 1.62 bits per heavy atom. The second kappa shape index (κ2) is 3.86. The minimum atomic E-state index is -1.09. The van der Waals surface area contributed by atoms with Crippen LogP contribution in [0.1, 0.15) is 17.4 Å². The van der Waals surface area contributed by atoms with E-state index in [0.29, 0.717) is 5.82 Å². The van der Waals surface area contributed by atoms with E-state index in [-0.39, 0.29) is 5.69 Å². The van der Waals surface area contributed by atoms with Gasteiger partial charge in [0, 0.05) is 0 Å². The van der Waals surface area contributed by atoms with Crippen molar-refractivity contribution in [1.29, 1.82) is 0 Å². The minimum absolute atomic E-state index is 0.0503. The maximum Gasteiger partial charge on any atom is 0.354 e. The molecule has 5 heteroatoms. The van der Waals surface area contributed by atoms with Crippen LogP contribution >= 0.6 is 0 Å². The number of rotatable bonds is 3. The topological polar surface area (TPSA) is 82.5 Å². The van der Waals surface area contributed by atoms with Crippen molar-refractivity contribution in [3.8, 4) is 0 Å². The number of aromatic carboxylic acids is 1. The number of aromatic nitrogens is 1. The highest BCUT2D eigenvalue weighted by Crippen LogP contribution is 2.05. The van der Waals surface area contributed by atoms with Crippen molar-refractivity contribution in [2.75, 3.05) is 5.32 Å². The van der Waals surface area contributed by atoms with Crippen LogP contribution in [0.25, 0.3) is 0 Å². The van der Waals surface area contributed by atoms with Crippen LogP contribution in [0, 0.1) is 0 Å². The van der Waals surface area contributed by atoms with Crippen molar-refractivity contribution in [3.63, 3.8) is 0 Å². The van der Waals surface area contributed by atoms with E-state index in [4.69, 9.17) is 10.2 Å². The Balaban J connectivity index is 2.85. The van der Waals surface area contributed by atoms with Gasteiger partial charge in [0.25, 0.3) is 0 Å². The molecule has 1 aromatic heterocycles. The lowest BCUT2D eigenvalue weighted by Crippen LogP contribution is -2.15. The first-order chi connectivity index (χ1) is 6.09. The average molecular weight is 182 g/mol. The molecule has 0 fully saturated rings. The number of aliphatic hydroxyl groups is 1. The van der Waals surface area contributed by atoms with Crippen LogP contribution < -0.4 is 5.32 Å². The minimum Gasteiger partial charge on any atom is -0.477 e. The van der Waals surface area contributed by atoms with Gasteiger partial charge in [-0.15, -0.1) is 0 Å². The molecule has 1 aromatic rings. The van der Waals surface area contributed by atoms with E-state index >= 15 is 0 Å². The van der Waals surface area contributed by atoms with Crippen LogP contribution in [0.5, 0.6) is 0 Å². The third-order valence-corrected chi connectivity index (χ3v) is 1.32. The molecule has 13 heavy (non-hydrogen) atoms. The second-order valence-corrected chi connectivity index (χ2v) is 2.53. The van der Waals surface area contributed by atoms with Gasteiger partial charge in [0.1, 0.15) is 12.0 Å². The number of hydrogen-bond donors (Lipinski definition) is 3. The fourth-order valence-electron chi connectivity index (χ4n) is 0.848. The van der Waals surface area contributed by atoms with Crippen LogP contribution in [0.15, 0.2) is 18.2 Å². The summed E-state index contributed by atoms with van der Waals surface area (Å²) in [6.07, 6.45) is -0.753. The number of carboxylic acids is 1. The highest BCUT2D eigenvalue weighted by atomic mass is 16.4. The Bertz CT molecular complexity index is 312. The van der Waals surface area contributed by atoms with Crippen molar-refractivity contribution >= 4 is 11.8 Å². The summed E-state index contributed by atoms with van der Waals surface area (Å²) in [5.41, 5.74) is -0.0503. The molecule has 1 atom stereocenters. The molecule has 0 radical (unpaired) electrons. The number of hydrogen-bond acceptors (Lipinski definition) is 4. The van der Waals surface area contributed by atoms with E-state index in [1.165, 1.54) is 13.0 Å². The standard InChI is InChI=1S/C8H10N2O3/c1-5(11)9-7-4-2-3-6(10-7)8(12)13/h2-5,11H,1H3,(H,9,10)(H,12,13). The fraction of sp³-hybridized carbons (Fsp3) is 0.250. The van der Waals surface area contributed by atoms with E-state index in [9.17, 15) is 4.79 Å². The van der Waals surface area contributed by atoms with E-state index in [1.807, 2.05) is 0 Å². The van der Waals surface area contributed by atoms with Gasteiger partial charge in [0.05, 0.1) is 0 Å². The summed E-state index contributed by atoms with van der Waals surface area (Å²) in [6, 6.07) is 4.52. The van der Waals surface area contributed by atoms with Crippen LogP contribution in [0.2, 0.25) is 0 Å². The molecule has 3 N–H and O–H groups in total. The van der Waals surface area contributed by atoms with Crippen molar-refractivity contribution in [1.82, 2.24) is 4.98 Å². The predicted molar refractivity (Wildman–Crippen MR) is 46.5 cm³/mol. The third kappa shape index (κ3) is 2.72. The number of nitrogens with zero attached hydrogens (tertiary/aromatic N) is 1. The average Bonchev–Trinajstić information content (AvgIpc) is 2.03. The number of nitrogens with one attached hydrogen (secondary N) is 1. The van der Waals surface area contributed by atoms with Crippen molar-refractivity contribution in [2.45, 2.75) is 13.2 Å². The summed E-state index contributed by atoms with van der Waals surface area (Å²) in [4.78, 5) is 14.2. The Morgan fingerprint density at radius 2 is 2.31 bits per heavy atom. The number of aliphatic hydroxyl groups excluding tert-OH is 1. The molecule has 5 nitrogen and oxygen atoms in total. The highest BCUT2D eigenvalue weighted by molar-refractivity contribution is 5.85. The number of pyridine rings is 1. The first-order valence-electron chi connectivity index (χ1n) is 3.74. The van der Waals surface area contributed by atoms with Gasteiger partial charge >= 0.3 is 5.97 Å². The molecule has 0 aliphatic rings. The summed E-state index contributed by atoms with van der Waals surface area (Å²) in [6.45, 7) is 1.52. The lowest BCUT2D eigenvalue weighted by atomic mass is 10.3. The summed E-state index contributed by atoms with van der Waals surface area (Å²) in [5.74, 6) is -0.746. The predicted octanol–water partition coefficient (Wildman–Crippen LogP) is 0.530. The molecule has 0 saturated heterocycles. The number of carbonyl (C=O) groups is 1. The molecule has 0 saturated carbocycles. The molecule has 0 spiro atoms. The zero-order chi connectivity index (χ0) is 9.84. The lowest BCUT2D eigenvalue weighted by molar-refractivity contribution is 0.0690. The summed E-state index contributed by atoms with van der Waals surface area (Å²) >= 11 is 0. The summed E-state index contributed by atoms with van der Waals surface area (Å²) in [5, 5.41) is 20.1. The Labute approximate surface area is 75.0 Å². The maximum atomic E-state index is 10.5. The van der Waals surface area contributed by atoms with E-state index in [0.717, 1.165) is 0 Å². The van der Waals surface area contributed by atoms with Gasteiger partial charge in [-0.1, -0.05) is 6.07 Å². The molecule has 0 bridgehead atoms. The molecule has 1 unspecified atom stereocenters. The van der Waals surface area contributed by atoms with Gasteiger partial charge in [-0.2, -0.15) is 0 Å². The van der Waals surface area contributed by atoms with Crippen molar-refractivity contribution in [3.05, 3.63) is 23.9 Å². The summed E-state index contributed by atoms with van der Waals surface area (Å²) < 4.78 is 0. The van der Waals surface area contributed by atoms with Gasteiger partial charge in [0.2, 0.25) is 0 Å². The normalized spacial score (nSPS) is 12.2. The zero-order valence-electron chi connectivity index (χ0n) is 7.06. The Hall–Kier alpha value is -1.62. The van der Waals surface area contributed by atoms with Crippen LogP contribution in [0.3, 0.4) is 0 Å². The first-order valence-corrected chi connectivity index (χ1v) is 3.74. The molecule has 0 amide bonds. The lowest BCUT2D eigenvalue weighted by Gasteiger charge is -2.07. The largest absolute Gasteiger partial charge is 0.477 e. The van der Waals surface area contributed by atoms with Gasteiger partial charge in [-0.25, -0.2) is 9.78 Å². The van der Waals surface area contributed by atoms with Crippen LogP contribution in [0.4, 0.5) is 5.82 Å². The highest BCUT2D eigenvalue weighted by Gasteiger charge is 2.05. The first kappa shape index (κ1) is 9.47. The Kier molecular flexibility index (Phi) is 2.81. The van der Waals surface area contributed by atoms with Gasteiger partial charge in [-0.05, 0) is 19.1 Å². The van der Waals surface area contributed by atoms with E-state index in [1.54, 1.807) is 12.1 Å². The maximum absolute atomic E-state index is 10.5. The van der Waals surface area contributed by atoms with Crippen LogP contribution in [-0.4, -0.2) is 27.4 Å². The number of anilines is 1. The molecule has 70 valence electrons. The molecule has 0 aromatic carbocycles. The molecular weight excluding hydrogens is 172 g/mol. The molecule has 0 aliphatic heterocycles. The quantitative estimate of drug-likeness (QED) is 0.594. The third-order valence-electron chi connectivity index (χ3n) is 1.32. The van der Waals surface area contributed by atoms with Crippen molar-refractivity contribution < 1.29 is 15.0 Å². The fourth-order valence-corrected chi connectivity index (χ4v) is 0.848. The van der Waals surface area contributed by atoms with E-state index < -0.39 is 12.2 Å². The van der Waals surface area contributed by atoms with E-state index in [2.05, 4.69) is 10.3 Å². The number of carboxylic acid groups (broad SMARTS) is 1. The smallest absolute Gasteiger partial charge is 0.354 e. The molecular formula is C8H10N2O3. The molecule has 1 rings (SSSR count). The Morgan fingerprint density at radius 3 is 2.85 bits per heavy atom. The zero-order valence-corrected chi connectivity index (χ0v) is 7.06.